The van der Waals surface area contributed by atoms with Gasteiger partial charge >= 0.3 is 6.09 Å². The summed E-state index contributed by atoms with van der Waals surface area (Å²) in [5.74, 6) is 0.444. The van der Waals surface area contributed by atoms with Crippen LogP contribution in [0.5, 0.6) is 5.75 Å². The molecule has 5 heteroatoms. The molecule has 1 heterocycles. The van der Waals surface area contributed by atoms with E-state index in [1.165, 1.54) is 0 Å². The van der Waals surface area contributed by atoms with Gasteiger partial charge in [0.2, 0.25) is 0 Å². The van der Waals surface area contributed by atoms with Gasteiger partial charge in [0.05, 0.1) is 5.69 Å². The fourth-order valence-electron chi connectivity index (χ4n) is 2.36. The van der Waals surface area contributed by atoms with Crippen LogP contribution in [-0.4, -0.2) is 17.6 Å². The highest BCUT2D eigenvalue weighted by atomic mass is 16.6. The Morgan fingerprint density at radius 3 is 2.67 bits per heavy atom. The summed E-state index contributed by atoms with van der Waals surface area (Å²) < 4.78 is 5.46. The van der Waals surface area contributed by atoms with Crippen molar-refractivity contribution in [1.29, 1.82) is 0 Å². The number of carbonyl (C=O) groups excluding carboxylic acids is 1. The fraction of sp³-hybridized carbons (Fsp3) is 0.158. The summed E-state index contributed by atoms with van der Waals surface area (Å²) in [6.45, 7) is 3.60. The molecule has 0 spiro atoms. The first-order valence-corrected chi connectivity index (χ1v) is 7.89. The van der Waals surface area contributed by atoms with Crippen molar-refractivity contribution < 1.29 is 9.53 Å². The van der Waals surface area contributed by atoms with Gasteiger partial charge in [-0.2, -0.15) is 0 Å². The average molecular weight is 321 g/mol. The number of nitrogens with zero attached hydrogens (tertiary/aromatic N) is 1. The summed E-state index contributed by atoms with van der Waals surface area (Å²) in [6, 6.07) is 18.7. The molecule has 0 aliphatic rings. The SMILES string of the molecule is CCNCc1ccc2cccc(OC(=O)Nc3ccccc3)c2n1. The largest absolute Gasteiger partial charge is 0.417 e. The summed E-state index contributed by atoms with van der Waals surface area (Å²) >= 11 is 0. The normalized spacial score (nSPS) is 10.5. The maximum atomic E-state index is 12.1. The maximum Gasteiger partial charge on any atom is 0.417 e. The van der Waals surface area contributed by atoms with Crippen LogP contribution < -0.4 is 15.4 Å². The van der Waals surface area contributed by atoms with Gasteiger partial charge in [0.25, 0.3) is 0 Å². The van der Waals surface area contributed by atoms with Crippen molar-refractivity contribution in [2.75, 3.05) is 11.9 Å². The molecule has 1 aromatic heterocycles. The number of hydrogen-bond acceptors (Lipinski definition) is 4. The molecule has 0 fully saturated rings. The van der Waals surface area contributed by atoms with Crippen molar-refractivity contribution in [2.45, 2.75) is 13.5 Å². The van der Waals surface area contributed by atoms with Crippen molar-refractivity contribution in [2.24, 2.45) is 0 Å². The number of carbonyl (C=O) groups is 1. The van der Waals surface area contributed by atoms with E-state index in [0.717, 1.165) is 17.6 Å². The van der Waals surface area contributed by atoms with Gasteiger partial charge in [0, 0.05) is 17.6 Å². The lowest BCUT2D eigenvalue weighted by atomic mass is 10.2. The van der Waals surface area contributed by atoms with Gasteiger partial charge in [-0.05, 0) is 30.8 Å². The third-order valence-electron chi connectivity index (χ3n) is 3.52. The van der Waals surface area contributed by atoms with Gasteiger partial charge in [-0.25, -0.2) is 9.78 Å². The molecule has 0 saturated carbocycles. The number of para-hydroxylation sites is 2. The molecule has 122 valence electrons. The van der Waals surface area contributed by atoms with E-state index in [9.17, 15) is 4.79 Å². The molecule has 0 atom stereocenters. The predicted octanol–water partition coefficient (Wildman–Crippen LogP) is 3.96. The van der Waals surface area contributed by atoms with E-state index < -0.39 is 6.09 Å². The summed E-state index contributed by atoms with van der Waals surface area (Å²) in [6.07, 6.45) is -0.535. The number of nitrogens with one attached hydrogen (secondary N) is 2. The summed E-state index contributed by atoms with van der Waals surface area (Å²) in [4.78, 5) is 16.7. The minimum absolute atomic E-state index is 0.444. The molecule has 0 bridgehead atoms. The third-order valence-corrected chi connectivity index (χ3v) is 3.52. The Morgan fingerprint density at radius 2 is 1.88 bits per heavy atom. The predicted molar refractivity (Wildman–Crippen MR) is 95.2 cm³/mol. The highest BCUT2D eigenvalue weighted by molar-refractivity contribution is 5.91. The maximum absolute atomic E-state index is 12.1. The molecule has 0 aliphatic heterocycles. The van der Waals surface area contributed by atoms with Crippen molar-refractivity contribution in [3.63, 3.8) is 0 Å². The Hall–Kier alpha value is -2.92. The van der Waals surface area contributed by atoms with Gasteiger partial charge in [-0.3, -0.25) is 5.32 Å². The zero-order valence-electron chi connectivity index (χ0n) is 13.5. The summed E-state index contributed by atoms with van der Waals surface area (Å²) in [5.41, 5.74) is 2.27. The van der Waals surface area contributed by atoms with Gasteiger partial charge in [-0.15, -0.1) is 0 Å². The van der Waals surface area contributed by atoms with Crippen LogP contribution in [0.15, 0.2) is 60.7 Å². The van der Waals surface area contributed by atoms with E-state index in [1.54, 1.807) is 18.2 Å². The number of aromatic nitrogens is 1. The van der Waals surface area contributed by atoms with E-state index in [0.29, 0.717) is 23.5 Å². The van der Waals surface area contributed by atoms with Gasteiger partial charge in [0.1, 0.15) is 5.52 Å². The number of ether oxygens (including phenoxy) is 1. The molecule has 2 aromatic carbocycles. The highest BCUT2D eigenvalue weighted by Gasteiger charge is 2.10. The lowest BCUT2D eigenvalue weighted by Crippen LogP contribution is -2.17. The Bertz CT molecular complexity index is 834. The second kappa shape index (κ2) is 7.57. The molecule has 0 saturated heterocycles. The number of hydrogen-bond donors (Lipinski definition) is 2. The number of fused-ring (bicyclic) bond motifs is 1. The van der Waals surface area contributed by atoms with Gasteiger partial charge < -0.3 is 10.1 Å². The van der Waals surface area contributed by atoms with Crippen LogP contribution in [-0.2, 0) is 6.54 Å². The summed E-state index contributed by atoms with van der Waals surface area (Å²) in [5, 5.41) is 6.87. The van der Waals surface area contributed by atoms with Crippen LogP contribution in [0.25, 0.3) is 10.9 Å². The third kappa shape index (κ3) is 3.88. The topological polar surface area (TPSA) is 63.2 Å². The first kappa shape index (κ1) is 16.0. The lowest BCUT2D eigenvalue weighted by molar-refractivity contribution is 0.215. The second-order valence-electron chi connectivity index (χ2n) is 5.29. The smallest absolute Gasteiger partial charge is 0.408 e. The highest BCUT2D eigenvalue weighted by Crippen LogP contribution is 2.24. The Kier molecular flexibility index (Phi) is 5.03. The molecule has 3 rings (SSSR count). The molecule has 3 aromatic rings. The first-order valence-electron chi connectivity index (χ1n) is 7.89. The van der Waals surface area contributed by atoms with Crippen molar-refractivity contribution in [3.05, 3.63) is 66.4 Å². The van der Waals surface area contributed by atoms with Crippen LogP contribution >= 0.6 is 0 Å². The van der Waals surface area contributed by atoms with Crippen molar-refractivity contribution >= 4 is 22.7 Å². The van der Waals surface area contributed by atoms with Gasteiger partial charge in [-0.1, -0.05) is 43.3 Å². The van der Waals surface area contributed by atoms with E-state index in [2.05, 4.69) is 15.6 Å². The van der Waals surface area contributed by atoms with Crippen LogP contribution in [0, 0.1) is 0 Å². The molecule has 0 unspecified atom stereocenters. The van der Waals surface area contributed by atoms with E-state index in [-0.39, 0.29) is 0 Å². The minimum atomic E-state index is -0.535. The number of benzene rings is 2. The quantitative estimate of drug-likeness (QED) is 0.747. The number of pyridine rings is 1. The molecular formula is C19H19N3O2. The molecular weight excluding hydrogens is 302 g/mol. The van der Waals surface area contributed by atoms with Crippen molar-refractivity contribution in [1.82, 2.24) is 10.3 Å². The van der Waals surface area contributed by atoms with E-state index in [1.807, 2.05) is 49.4 Å². The van der Waals surface area contributed by atoms with Crippen LogP contribution in [0.3, 0.4) is 0 Å². The van der Waals surface area contributed by atoms with Crippen LogP contribution in [0.4, 0.5) is 10.5 Å². The zero-order chi connectivity index (χ0) is 16.8. The molecule has 1 amide bonds. The molecule has 0 radical (unpaired) electrons. The Balaban J connectivity index is 1.81. The van der Waals surface area contributed by atoms with Gasteiger partial charge in [0.15, 0.2) is 5.75 Å². The van der Waals surface area contributed by atoms with Crippen LogP contribution in [0.2, 0.25) is 0 Å². The molecule has 0 aliphatic carbocycles. The minimum Gasteiger partial charge on any atom is -0.408 e. The van der Waals surface area contributed by atoms with Crippen molar-refractivity contribution in [3.8, 4) is 5.75 Å². The average Bonchev–Trinajstić information content (AvgIpc) is 2.61. The molecule has 2 N–H and O–H groups in total. The Morgan fingerprint density at radius 1 is 1.04 bits per heavy atom. The number of amides is 1. The zero-order valence-corrected chi connectivity index (χ0v) is 13.5. The van der Waals surface area contributed by atoms with E-state index >= 15 is 0 Å². The number of rotatable bonds is 5. The standard InChI is InChI=1S/C19H19N3O2/c1-2-20-13-16-12-11-14-7-6-10-17(18(14)21-16)24-19(23)22-15-8-4-3-5-9-15/h3-12,20H,2,13H2,1H3,(H,22,23). The van der Waals surface area contributed by atoms with Crippen LogP contribution in [0.1, 0.15) is 12.6 Å². The second-order valence-corrected chi connectivity index (χ2v) is 5.29. The molecule has 24 heavy (non-hydrogen) atoms. The first-order chi connectivity index (χ1) is 11.8. The monoisotopic (exact) mass is 321 g/mol. The Labute approximate surface area is 140 Å². The summed E-state index contributed by atoms with van der Waals surface area (Å²) in [7, 11) is 0. The fourth-order valence-corrected chi connectivity index (χ4v) is 2.36. The molecule has 5 nitrogen and oxygen atoms in total. The lowest BCUT2D eigenvalue weighted by Gasteiger charge is -2.10. The number of anilines is 1. The van der Waals surface area contributed by atoms with E-state index in [4.69, 9.17) is 4.74 Å².